The van der Waals surface area contributed by atoms with Gasteiger partial charge in [-0.2, -0.15) is 0 Å². The Morgan fingerprint density at radius 3 is 2.38 bits per heavy atom. The van der Waals surface area contributed by atoms with Gasteiger partial charge in [0, 0.05) is 32.6 Å². The second-order valence-electron chi connectivity index (χ2n) is 10.8. The molecule has 10 heteroatoms. The van der Waals surface area contributed by atoms with Crippen LogP contribution in [0.2, 0.25) is 0 Å². The van der Waals surface area contributed by atoms with Gasteiger partial charge in [0.15, 0.2) is 0 Å². The van der Waals surface area contributed by atoms with E-state index in [-0.39, 0.29) is 30.3 Å². The van der Waals surface area contributed by atoms with E-state index in [1.807, 2.05) is 6.92 Å². The Balaban J connectivity index is 1.58. The fourth-order valence-corrected chi connectivity index (χ4v) is 4.84. The van der Waals surface area contributed by atoms with Gasteiger partial charge in [-0.05, 0) is 74.8 Å². The molecule has 1 unspecified atom stereocenters. The Kier molecular flexibility index (Phi) is 9.73. The molecule has 0 saturated heterocycles. The first-order valence-corrected chi connectivity index (χ1v) is 13.9. The van der Waals surface area contributed by atoms with Gasteiger partial charge in [-0.25, -0.2) is 8.78 Å². The second-order valence-corrected chi connectivity index (χ2v) is 10.8. The van der Waals surface area contributed by atoms with Gasteiger partial charge in [-0.3, -0.25) is 14.4 Å². The van der Waals surface area contributed by atoms with E-state index in [9.17, 15) is 23.2 Å². The van der Waals surface area contributed by atoms with Crippen molar-refractivity contribution in [2.75, 3.05) is 20.1 Å². The van der Waals surface area contributed by atoms with Crippen molar-refractivity contribution in [2.45, 2.75) is 70.2 Å². The molecule has 216 valence electrons. The number of benzene rings is 2. The molecule has 1 aliphatic heterocycles. The molecule has 0 bridgehead atoms. The van der Waals surface area contributed by atoms with E-state index >= 15 is 0 Å². The number of hydrogen-bond donors (Lipinski definition) is 3. The second kappa shape index (κ2) is 13.2. The van der Waals surface area contributed by atoms with Gasteiger partial charge in [0.25, 0.3) is 0 Å². The minimum Gasteiger partial charge on any atom is -0.489 e. The summed E-state index contributed by atoms with van der Waals surface area (Å²) in [5, 5.41) is 8.99. The number of nitrogens with zero attached hydrogens (tertiary/aromatic N) is 1. The zero-order valence-electron chi connectivity index (χ0n) is 23.2. The third-order valence-corrected chi connectivity index (χ3v) is 7.56. The van der Waals surface area contributed by atoms with Gasteiger partial charge in [0.1, 0.15) is 35.6 Å². The van der Waals surface area contributed by atoms with Crippen LogP contribution in [0.15, 0.2) is 42.5 Å². The predicted molar refractivity (Wildman–Crippen MR) is 147 cm³/mol. The molecule has 3 N–H and O–H groups in total. The monoisotopic (exact) mass is 556 g/mol. The number of fused-ring (bicyclic) bond motifs is 1. The number of aryl methyl sites for hydroxylation is 1. The molecule has 1 heterocycles. The highest BCUT2D eigenvalue weighted by Gasteiger charge is 2.39. The van der Waals surface area contributed by atoms with Gasteiger partial charge in [0.2, 0.25) is 17.7 Å². The number of halogens is 2. The van der Waals surface area contributed by atoms with Gasteiger partial charge in [0.05, 0.1) is 6.04 Å². The van der Waals surface area contributed by atoms with E-state index in [2.05, 4.69) is 16.0 Å². The SMILES string of the molecule is C[C@@H]1CN[C@@H](C2CC2)C(=O)N(C)[C@H](C)C(=O)NC(Cc2ccc(F)cc2)C(=O)NCCCc2ccc(F)cc2O1. The normalized spacial score (nSPS) is 25.6. The van der Waals surface area contributed by atoms with Gasteiger partial charge >= 0.3 is 0 Å². The predicted octanol–water partition coefficient (Wildman–Crippen LogP) is 2.74. The van der Waals surface area contributed by atoms with Crippen molar-refractivity contribution in [1.82, 2.24) is 20.9 Å². The zero-order chi connectivity index (χ0) is 28.8. The molecule has 3 amide bonds. The summed E-state index contributed by atoms with van der Waals surface area (Å²) in [6, 6.07) is 7.92. The van der Waals surface area contributed by atoms with Crippen LogP contribution in [0.4, 0.5) is 8.78 Å². The van der Waals surface area contributed by atoms with Crippen molar-refractivity contribution >= 4 is 17.7 Å². The van der Waals surface area contributed by atoms with Crippen LogP contribution in [0.5, 0.6) is 5.75 Å². The number of nitrogens with one attached hydrogen (secondary N) is 3. The van der Waals surface area contributed by atoms with Crippen LogP contribution in [0, 0.1) is 17.6 Å². The third kappa shape index (κ3) is 7.78. The Morgan fingerprint density at radius 2 is 1.68 bits per heavy atom. The lowest BCUT2D eigenvalue weighted by Crippen LogP contribution is -2.57. The Hall–Kier alpha value is -3.53. The third-order valence-electron chi connectivity index (χ3n) is 7.56. The van der Waals surface area contributed by atoms with Crippen LogP contribution >= 0.6 is 0 Å². The molecule has 4 rings (SSSR count). The van der Waals surface area contributed by atoms with Crippen LogP contribution in [0.3, 0.4) is 0 Å². The molecular formula is C30H38F2N4O4. The van der Waals surface area contributed by atoms with E-state index in [0.29, 0.717) is 37.2 Å². The minimum atomic E-state index is -0.925. The largest absolute Gasteiger partial charge is 0.489 e. The number of ether oxygens (including phenoxy) is 1. The van der Waals surface area contributed by atoms with Crippen LogP contribution in [0.25, 0.3) is 0 Å². The zero-order valence-corrected chi connectivity index (χ0v) is 23.2. The topological polar surface area (TPSA) is 99.8 Å². The molecule has 2 aromatic rings. The lowest BCUT2D eigenvalue weighted by molar-refractivity contribution is -0.141. The number of likely N-dealkylation sites (N-methyl/N-ethyl adjacent to an activating group) is 1. The quantitative estimate of drug-likeness (QED) is 0.540. The molecule has 1 saturated carbocycles. The lowest BCUT2D eigenvalue weighted by Gasteiger charge is -2.31. The Labute approximate surface area is 233 Å². The van der Waals surface area contributed by atoms with Crippen molar-refractivity contribution in [2.24, 2.45) is 5.92 Å². The van der Waals surface area contributed by atoms with Crippen molar-refractivity contribution in [3.8, 4) is 5.75 Å². The van der Waals surface area contributed by atoms with Gasteiger partial charge in [-0.15, -0.1) is 0 Å². The van der Waals surface area contributed by atoms with Crippen molar-refractivity contribution in [1.29, 1.82) is 0 Å². The molecule has 1 fully saturated rings. The highest BCUT2D eigenvalue weighted by molar-refractivity contribution is 5.93. The molecule has 8 nitrogen and oxygen atoms in total. The fraction of sp³-hybridized carbons (Fsp3) is 0.500. The van der Waals surface area contributed by atoms with E-state index in [0.717, 1.165) is 18.4 Å². The maximum Gasteiger partial charge on any atom is 0.243 e. The number of carbonyl (C=O) groups is 3. The van der Waals surface area contributed by atoms with Crippen LogP contribution in [0.1, 0.15) is 44.2 Å². The maximum atomic E-state index is 14.1. The van der Waals surface area contributed by atoms with Crippen molar-refractivity contribution < 1.29 is 27.9 Å². The summed E-state index contributed by atoms with van der Waals surface area (Å²) in [4.78, 5) is 41.3. The summed E-state index contributed by atoms with van der Waals surface area (Å²) in [7, 11) is 1.58. The molecule has 0 radical (unpaired) electrons. The standard InChI is InChI=1S/C30H38F2N4O4/c1-18-17-34-27(22-8-9-22)30(39)36(3)19(2)28(37)35-25(15-20-6-11-23(31)12-7-20)29(38)33-14-4-5-21-10-13-24(32)16-26(21)40-18/h6-7,10-13,16,18-19,22,25,27,34H,4-5,8-9,14-15,17H2,1-3H3,(H,33,38)(H,35,37)/t18-,19-,25?,27+/m1/s1. The average Bonchev–Trinajstić information content (AvgIpc) is 3.76. The fourth-order valence-electron chi connectivity index (χ4n) is 4.84. The lowest BCUT2D eigenvalue weighted by atomic mass is 10.0. The summed E-state index contributed by atoms with van der Waals surface area (Å²) in [5.74, 6) is -1.27. The Bertz CT molecular complexity index is 1200. The first-order valence-electron chi connectivity index (χ1n) is 13.9. The van der Waals surface area contributed by atoms with E-state index in [1.165, 1.54) is 29.2 Å². The molecule has 40 heavy (non-hydrogen) atoms. The molecule has 0 spiro atoms. The number of carbonyl (C=O) groups excluding carboxylic acids is 3. The molecule has 2 aliphatic rings. The van der Waals surface area contributed by atoms with Crippen molar-refractivity contribution in [3.05, 3.63) is 65.2 Å². The smallest absolute Gasteiger partial charge is 0.243 e. The Morgan fingerprint density at radius 1 is 0.975 bits per heavy atom. The highest BCUT2D eigenvalue weighted by atomic mass is 19.1. The number of amides is 3. The van der Waals surface area contributed by atoms with Gasteiger partial charge < -0.3 is 25.6 Å². The summed E-state index contributed by atoms with van der Waals surface area (Å²) >= 11 is 0. The average molecular weight is 557 g/mol. The molecule has 4 atom stereocenters. The van der Waals surface area contributed by atoms with E-state index < -0.39 is 35.7 Å². The summed E-state index contributed by atoms with van der Waals surface area (Å²) in [5.41, 5.74) is 1.49. The summed E-state index contributed by atoms with van der Waals surface area (Å²) in [6.45, 7) is 4.17. The molecule has 0 aromatic heterocycles. The van der Waals surface area contributed by atoms with Crippen molar-refractivity contribution in [3.63, 3.8) is 0 Å². The number of rotatable bonds is 3. The number of hydrogen-bond acceptors (Lipinski definition) is 5. The van der Waals surface area contributed by atoms with E-state index in [1.54, 1.807) is 32.2 Å². The molecular weight excluding hydrogens is 518 g/mol. The van der Waals surface area contributed by atoms with Crippen LogP contribution < -0.4 is 20.7 Å². The maximum absolute atomic E-state index is 14.1. The molecule has 2 aromatic carbocycles. The van der Waals surface area contributed by atoms with E-state index in [4.69, 9.17) is 4.74 Å². The first-order chi connectivity index (χ1) is 19.1. The van der Waals surface area contributed by atoms with Crippen LogP contribution in [-0.2, 0) is 27.2 Å². The summed E-state index contributed by atoms with van der Waals surface area (Å²) < 4.78 is 33.6. The summed E-state index contributed by atoms with van der Waals surface area (Å²) in [6.07, 6.45) is 2.72. The van der Waals surface area contributed by atoms with Gasteiger partial charge in [-0.1, -0.05) is 18.2 Å². The highest BCUT2D eigenvalue weighted by Crippen LogP contribution is 2.33. The molecule has 1 aliphatic carbocycles. The van der Waals surface area contributed by atoms with Crippen LogP contribution in [-0.4, -0.2) is 67.0 Å². The first kappa shape index (κ1) is 29.5. The minimum absolute atomic E-state index is 0.155.